The second-order valence-electron chi connectivity index (χ2n) is 4.72. The van der Waals surface area contributed by atoms with E-state index in [-0.39, 0.29) is 18.4 Å². The van der Waals surface area contributed by atoms with Crippen molar-refractivity contribution in [3.05, 3.63) is 35.1 Å². The first kappa shape index (κ1) is 14.0. The van der Waals surface area contributed by atoms with Crippen LogP contribution in [0.25, 0.3) is 6.08 Å². The van der Waals surface area contributed by atoms with Gasteiger partial charge in [0.2, 0.25) is 5.91 Å². The van der Waals surface area contributed by atoms with Crippen LogP contribution in [0.3, 0.4) is 0 Å². The normalized spacial score (nSPS) is 19.9. The fraction of sp³-hybridized carbons (Fsp3) is 0.429. The maximum atomic E-state index is 12.0. The Hall–Kier alpha value is -1.39. The summed E-state index contributed by atoms with van der Waals surface area (Å²) in [7, 11) is 0. The zero-order chi connectivity index (χ0) is 13.7. The molecule has 0 spiro atoms. The van der Waals surface area contributed by atoms with Crippen molar-refractivity contribution in [1.29, 1.82) is 0 Å². The predicted octanol–water partition coefficient (Wildman–Crippen LogP) is 1.98. The zero-order valence-corrected chi connectivity index (χ0v) is 11.4. The molecule has 1 fully saturated rings. The summed E-state index contributed by atoms with van der Waals surface area (Å²) in [6.45, 7) is 1.55. The predicted molar refractivity (Wildman–Crippen MR) is 74.7 cm³/mol. The molecule has 1 amide bonds. The van der Waals surface area contributed by atoms with Gasteiger partial charge in [0.1, 0.15) is 5.15 Å². The summed E-state index contributed by atoms with van der Waals surface area (Å²) >= 11 is 5.69. The van der Waals surface area contributed by atoms with E-state index in [1.165, 1.54) is 0 Å². The van der Waals surface area contributed by atoms with Crippen molar-refractivity contribution in [2.24, 2.45) is 5.92 Å². The first-order chi connectivity index (χ1) is 9.19. The molecule has 1 unspecified atom stereocenters. The van der Waals surface area contributed by atoms with E-state index in [9.17, 15) is 4.79 Å². The second-order valence-corrected chi connectivity index (χ2v) is 5.11. The Labute approximate surface area is 117 Å². The van der Waals surface area contributed by atoms with Crippen LogP contribution in [0.2, 0.25) is 5.15 Å². The van der Waals surface area contributed by atoms with Crippen molar-refractivity contribution in [2.75, 3.05) is 19.7 Å². The molecule has 1 aliphatic heterocycles. The molecule has 5 heteroatoms. The third-order valence-electron chi connectivity index (χ3n) is 3.26. The molecule has 1 atom stereocenters. The highest BCUT2D eigenvalue weighted by molar-refractivity contribution is 6.29. The van der Waals surface area contributed by atoms with Gasteiger partial charge >= 0.3 is 0 Å². The zero-order valence-electron chi connectivity index (χ0n) is 10.6. The lowest BCUT2D eigenvalue weighted by Gasteiger charge is -2.31. The van der Waals surface area contributed by atoms with Crippen LogP contribution in [-0.4, -0.2) is 40.6 Å². The molecule has 4 nitrogen and oxygen atoms in total. The van der Waals surface area contributed by atoms with Gasteiger partial charge in [-0.25, -0.2) is 4.98 Å². The summed E-state index contributed by atoms with van der Waals surface area (Å²) in [5.41, 5.74) is 0.841. The Kier molecular flexibility index (Phi) is 4.93. The number of aromatic nitrogens is 1. The highest BCUT2D eigenvalue weighted by Gasteiger charge is 2.21. The molecule has 0 aliphatic carbocycles. The number of carbonyl (C=O) groups is 1. The smallest absolute Gasteiger partial charge is 0.246 e. The number of aliphatic hydroxyl groups is 1. The highest BCUT2D eigenvalue weighted by atomic mass is 35.5. The lowest BCUT2D eigenvalue weighted by molar-refractivity contribution is -0.127. The van der Waals surface area contributed by atoms with Gasteiger partial charge in [-0.3, -0.25) is 4.79 Å². The number of piperidine rings is 1. The number of hydrogen-bond acceptors (Lipinski definition) is 3. The molecule has 0 bridgehead atoms. The van der Waals surface area contributed by atoms with E-state index in [2.05, 4.69) is 4.98 Å². The van der Waals surface area contributed by atoms with E-state index in [4.69, 9.17) is 16.7 Å². The third kappa shape index (κ3) is 4.04. The van der Waals surface area contributed by atoms with E-state index in [1.54, 1.807) is 29.3 Å². The van der Waals surface area contributed by atoms with E-state index < -0.39 is 0 Å². The van der Waals surface area contributed by atoms with Crippen LogP contribution in [0.15, 0.2) is 24.4 Å². The van der Waals surface area contributed by atoms with Crippen molar-refractivity contribution in [3.8, 4) is 0 Å². The van der Waals surface area contributed by atoms with Crippen molar-refractivity contribution >= 4 is 23.6 Å². The minimum atomic E-state index is -0.0203. The van der Waals surface area contributed by atoms with Gasteiger partial charge in [0.25, 0.3) is 0 Å². The average molecular weight is 281 g/mol. The van der Waals surface area contributed by atoms with Crippen molar-refractivity contribution < 1.29 is 9.90 Å². The summed E-state index contributed by atoms with van der Waals surface area (Å²) < 4.78 is 0. The number of carbonyl (C=O) groups excluding carboxylic acids is 1. The molecule has 0 saturated carbocycles. The van der Waals surface area contributed by atoms with Crippen LogP contribution >= 0.6 is 11.6 Å². The standard InChI is InChI=1S/C14H17ClN2O2/c15-13-5-3-11(8-16-13)4-6-14(19)17-7-1-2-12(9-17)10-18/h3-6,8,12,18H,1-2,7,9-10H2/b6-4+. The minimum absolute atomic E-state index is 0.0203. The summed E-state index contributed by atoms with van der Waals surface area (Å²) in [4.78, 5) is 17.7. The Bertz CT molecular complexity index is 459. The highest BCUT2D eigenvalue weighted by Crippen LogP contribution is 2.16. The maximum absolute atomic E-state index is 12.0. The van der Waals surface area contributed by atoms with Crippen LogP contribution in [-0.2, 0) is 4.79 Å². The number of likely N-dealkylation sites (tertiary alicyclic amines) is 1. The van der Waals surface area contributed by atoms with Crippen molar-refractivity contribution in [3.63, 3.8) is 0 Å². The van der Waals surface area contributed by atoms with Crippen molar-refractivity contribution in [1.82, 2.24) is 9.88 Å². The quantitative estimate of drug-likeness (QED) is 0.680. The van der Waals surface area contributed by atoms with E-state index >= 15 is 0 Å². The maximum Gasteiger partial charge on any atom is 0.246 e. The van der Waals surface area contributed by atoms with Crippen LogP contribution < -0.4 is 0 Å². The van der Waals surface area contributed by atoms with Crippen molar-refractivity contribution in [2.45, 2.75) is 12.8 Å². The lowest BCUT2D eigenvalue weighted by atomic mass is 9.99. The fourth-order valence-electron chi connectivity index (χ4n) is 2.17. The Morgan fingerprint density at radius 3 is 3.11 bits per heavy atom. The molecule has 2 rings (SSSR count). The molecule has 1 aromatic heterocycles. The van der Waals surface area contributed by atoms with Gasteiger partial charge in [0, 0.05) is 32.0 Å². The molecule has 2 heterocycles. The monoisotopic (exact) mass is 280 g/mol. The molecule has 1 aliphatic rings. The van der Waals surface area contributed by atoms with Gasteiger partial charge in [0.15, 0.2) is 0 Å². The Morgan fingerprint density at radius 2 is 2.42 bits per heavy atom. The average Bonchev–Trinajstić information content (AvgIpc) is 2.46. The van der Waals surface area contributed by atoms with Crippen LogP contribution in [0.5, 0.6) is 0 Å². The summed E-state index contributed by atoms with van der Waals surface area (Å²) in [5.74, 6) is 0.191. The molecular weight excluding hydrogens is 264 g/mol. The van der Waals surface area contributed by atoms with Gasteiger partial charge < -0.3 is 10.0 Å². The summed E-state index contributed by atoms with van der Waals surface area (Å²) in [5, 5.41) is 9.58. The molecule has 102 valence electrons. The van der Waals surface area contributed by atoms with Gasteiger partial charge in [-0.1, -0.05) is 17.7 Å². The Morgan fingerprint density at radius 1 is 1.58 bits per heavy atom. The number of amides is 1. The van der Waals surface area contributed by atoms with Gasteiger partial charge in [-0.05, 0) is 36.5 Å². The molecular formula is C14H17ClN2O2. The third-order valence-corrected chi connectivity index (χ3v) is 3.48. The van der Waals surface area contributed by atoms with Gasteiger partial charge in [-0.2, -0.15) is 0 Å². The second kappa shape index (κ2) is 6.68. The number of halogens is 1. The molecule has 1 saturated heterocycles. The van der Waals surface area contributed by atoms with Gasteiger partial charge in [-0.15, -0.1) is 0 Å². The number of aliphatic hydroxyl groups excluding tert-OH is 1. The SMILES string of the molecule is O=C(/C=C/c1ccc(Cl)nc1)N1CCCC(CO)C1. The number of nitrogens with zero attached hydrogens (tertiary/aromatic N) is 2. The fourth-order valence-corrected chi connectivity index (χ4v) is 2.28. The van der Waals surface area contributed by atoms with Crippen LogP contribution in [0.4, 0.5) is 0 Å². The molecule has 1 aromatic rings. The molecule has 1 N–H and O–H groups in total. The van der Waals surface area contributed by atoms with E-state index in [0.29, 0.717) is 11.7 Å². The molecule has 0 aromatic carbocycles. The lowest BCUT2D eigenvalue weighted by Crippen LogP contribution is -2.40. The van der Waals surface area contributed by atoms with Crippen LogP contribution in [0.1, 0.15) is 18.4 Å². The Balaban J connectivity index is 1.94. The first-order valence-corrected chi connectivity index (χ1v) is 6.76. The first-order valence-electron chi connectivity index (χ1n) is 6.38. The largest absolute Gasteiger partial charge is 0.396 e. The minimum Gasteiger partial charge on any atom is -0.396 e. The number of pyridine rings is 1. The number of rotatable bonds is 3. The van der Waals surface area contributed by atoms with Crippen LogP contribution in [0, 0.1) is 5.92 Å². The van der Waals surface area contributed by atoms with E-state index in [0.717, 1.165) is 24.9 Å². The topological polar surface area (TPSA) is 53.4 Å². The summed E-state index contributed by atoms with van der Waals surface area (Å²) in [6.07, 6.45) is 6.84. The number of hydrogen-bond donors (Lipinski definition) is 1. The molecule has 19 heavy (non-hydrogen) atoms. The van der Waals surface area contributed by atoms with E-state index in [1.807, 2.05) is 6.07 Å². The van der Waals surface area contributed by atoms with Gasteiger partial charge in [0.05, 0.1) is 0 Å². The summed E-state index contributed by atoms with van der Waals surface area (Å²) in [6, 6.07) is 3.50. The molecule has 0 radical (unpaired) electrons.